The van der Waals surface area contributed by atoms with Gasteiger partial charge in [0.2, 0.25) is 5.91 Å². The van der Waals surface area contributed by atoms with Crippen LogP contribution in [-0.4, -0.2) is 30.4 Å². The van der Waals surface area contributed by atoms with Gasteiger partial charge in [-0.2, -0.15) is 0 Å². The van der Waals surface area contributed by atoms with Gasteiger partial charge in [-0.15, -0.1) is 0 Å². The Morgan fingerprint density at radius 1 is 1.41 bits per heavy atom. The van der Waals surface area contributed by atoms with Crippen LogP contribution in [0.15, 0.2) is 30.3 Å². The molecule has 1 N–H and O–H groups in total. The van der Waals surface area contributed by atoms with Gasteiger partial charge in [0.15, 0.2) is 0 Å². The van der Waals surface area contributed by atoms with Gasteiger partial charge in [-0.25, -0.2) is 0 Å². The number of rotatable bonds is 3. The molecule has 2 rings (SSSR count). The molecule has 1 aliphatic rings. The number of amides is 1. The Hall–Kier alpha value is -1.35. The molecule has 0 aliphatic carbocycles. The summed E-state index contributed by atoms with van der Waals surface area (Å²) >= 11 is 0. The number of benzene rings is 1. The van der Waals surface area contributed by atoms with Crippen LogP contribution in [0.2, 0.25) is 0 Å². The molecule has 92 valence electrons. The smallest absolute Gasteiger partial charge is 0.239 e. The van der Waals surface area contributed by atoms with Gasteiger partial charge in [0.05, 0.1) is 12.1 Å². The van der Waals surface area contributed by atoms with Crippen molar-refractivity contribution in [3.8, 4) is 0 Å². The van der Waals surface area contributed by atoms with Gasteiger partial charge in [-0.05, 0) is 31.9 Å². The molecule has 1 fully saturated rings. The van der Waals surface area contributed by atoms with Crippen molar-refractivity contribution in [2.24, 2.45) is 0 Å². The summed E-state index contributed by atoms with van der Waals surface area (Å²) in [5.41, 5.74) is 1.18. The highest BCUT2D eigenvalue weighted by Crippen LogP contribution is 2.20. The zero-order chi connectivity index (χ0) is 12.3. The lowest BCUT2D eigenvalue weighted by atomic mass is 10.1. The first kappa shape index (κ1) is 12.1. The van der Waals surface area contributed by atoms with Crippen molar-refractivity contribution < 1.29 is 4.79 Å². The number of likely N-dealkylation sites (N-methyl/N-ethyl adjacent to an activating group) is 1. The van der Waals surface area contributed by atoms with E-state index in [1.807, 2.05) is 30.1 Å². The summed E-state index contributed by atoms with van der Waals surface area (Å²) in [6.45, 7) is 3.03. The fourth-order valence-electron chi connectivity index (χ4n) is 2.29. The number of nitrogens with one attached hydrogen (secondary N) is 1. The van der Waals surface area contributed by atoms with Gasteiger partial charge >= 0.3 is 0 Å². The Morgan fingerprint density at radius 3 is 2.71 bits per heavy atom. The van der Waals surface area contributed by atoms with Crippen molar-refractivity contribution in [2.45, 2.75) is 31.8 Å². The van der Waals surface area contributed by atoms with Gasteiger partial charge in [-0.1, -0.05) is 30.3 Å². The standard InChI is InChI=1S/C14H20N2O/c1-11(12-7-4-3-5-8-12)16(2)14(17)13-9-6-10-15-13/h3-5,7-8,11,13,15H,6,9-10H2,1-2H3/t11-,13-/m1/s1. The molecule has 0 spiro atoms. The minimum Gasteiger partial charge on any atom is -0.338 e. The van der Waals surface area contributed by atoms with Crippen LogP contribution < -0.4 is 5.32 Å². The van der Waals surface area contributed by atoms with Crippen molar-refractivity contribution in [3.63, 3.8) is 0 Å². The molecule has 1 heterocycles. The normalized spacial score (nSPS) is 21.2. The van der Waals surface area contributed by atoms with Gasteiger partial charge < -0.3 is 10.2 Å². The summed E-state index contributed by atoms with van der Waals surface area (Å²) in [7, 11) is 1.89. The SMILES string of the molecule is C[C@H](c1ccccc1)N(C)C(=O)[C@H]1CCCN1. The van der Waals surface area contributed by atoms with Crippen LogP contribution >= 0.6 is 0 Å². The van der Waals surface area contributed by atoms with Crippen LogP contribution in [0.25, 0.3) is 0 Å². The minimum atomic E-state index is 0.0196. The summed E-state index contributed by atoms with van der Waals surface area (Å²) in [5, 5.41) is 3.25. The molecule has 1 amide bonds. The Morgan fingerprint density at radius 2 is 2.12 bits per heavy atom. The van der Waals surface area contributed by atoms with Gasteiger partial charge in [-0.3, -0.25) is 4.79 Å². The van der Waals surface area contributed by atoms with E-state index >= 15 is 0 Å². The topological polar surface area (TPSA) is 32.3 Å². The number of carbonyl (C=O) groups excluding carboxylic acids is 1. The Kier molecular flexibility index (Phi) is 3.79. The fourth-order valence-corrected chi connectivity index (χ4v) is 2.29. The quantitative estimate of drug-likeness (QED) is 0.864. The van der Waals surface area contributed by atoms with E-state index in [9.17, 15) is 4.79 Å². The lowest BCUT2D eigenvalue weighted by Gasteiger charge is -2.28. The van der Waals surface area contributed by atoms with Crippen molar-refractivity contribution in [1.29, 1.82) is 0 Å². The second-order valence-corrected chi connectivity index (χ2v) is 4.68. The van der Waals surface area contributed by atoms with E-state index in [0.717, 1.165) is 19.4 Å². The van der Waals surface area contributed by atoms with Gasteiger partial charge in [0, 0.05) is 7.05 Å². The largest absolute Gasteiger partial charge is 0.338 e. The van der Waals surface area contributed by atoms with E-state index in [0.29, 0.717) is 0 Å². The van der Waals surface area contributed by atoms with Crippen molar-refractivity contribution in [1.82, 2.24) is 10.2 Å². The van der Waals surface area contributed by atoms with Crippen LogP contribution in [-0.2, 0) is 4.79 Å². The molecule has 1 aromatic carbocycles. The molecular weight excluding hydrogens is 212 g/mol. The van der Waals surface area contributed by atoms with Crippen LogP contribution in [0.4, 0.5) is 0 Å². The van der Waals surface area contributed by atoms with Gasteiger partial charge in [0.25, 0.3) is 0 Å². The third kappa shape index (κ3) is 2.67. The average molecular weight is 232 g/mol. The third-order valence-electron chi connectivity index (χ3n) is 3.57. The number of carbonyl (C=O) groups is 1. The lowest BCUT2D eigenvalue weighted by molar-refractivity contribution is -0.133. The molecular formula is C14H20N2O. The highest BCUT2D eigenvalue weighted by atomic mass is 16.2. The van der Waals surface area contributed by atoms with Gasteiger partial charge in [0.1, 0.15) is 0 Å². The first-order valence-electron chi connectivity index (χ1n) is 6.25. The molecule has 2 atom stereocenters. The van der Waals surface area contributed by atoms with E-state index in [2.05, 4.69) is 24.4 Å². The summed E-state index contributed by atoms with van der Waals surface area (Å²) in [4.78, 5) is 14.1. The molecule has 1 aromatic rings. The van der Waals surface area contributed by atoms with E-state index in [4.69, 9.17) is 0 Å². The second kappa shape index (κ2) is 5.32. The Balaban J connectivity index is 2.04. The molecule has 3 heteroatoms. The highest BCUT2D eigenvalue weighted by molar-refractivity contribution is 5.82. The average Bonchev–Trinajstić information content (AvgIpc) is 2.91. The molecule has 3 nitrogen and oxygen atoms in total. The molecule has 0 unspecified atom stereocenters. The van der Waals surface area contributed by atoms with Crippen molar-refractivity contribution >= 4 is 5.91 Å². The maximum Gasteiger partial charge on any atom is 0.239 e. The monoisotopic (exact) mass is 232 g/mol. The first-order chi connectivity index (χ1) is 8.20. The van der Waals surface area contributed by atoms with Crippen molar-refractivity contribution in [2.75, 3.05) is 13.6 Å². The predicted molar refractivity (Wildman–Crippen MR) is 68.7 cm³/mol. The number of nitrogens with zero attached hydrogens (tertiary/aromatic N) is 1. The Bertz CT molecular complexity index is 371. The van der Waals surface area contributed by atoms with Crippen LogP contribution in [0, 0.1) is 0 Å². The minimum absolute atomic E-state index is 0.0196. The second-order valence-electron chi connectivity index (χ2n) is 4.68. The van der Waals surface area contributed by atoms with Crippen molar-refractivity contribution in [3.05, 3.63) is 35.9 Å². The van der Waals surface area contributed by atoms with Crippen LogP contribution in [0.5, 0.6) is 0 Å². The van der Waals surface area contributed by atoms with E-state index < -0.39 is 0 Å². The fraction of sp³-hybridized carbons (Fsp3) is 0.500. The maximum atomic E-state index is 12.2. The first-order valence-corrected chi connectivity index (χ1v) is 6.25. The molecule has 1 aliphatic heterocycles. The van der Waals surface area contributed by atoms with Crippen LogP contribution in [0.1, 0.15) is 31.4 Å². The summed E-state index contributed by atoms with van der Waals surface area (Å²) in [6, 6.07) is 10.3. The summed E-state index contributed by atoms with van der Waals surface area (Å²) < 4.78 is 0. The molecule has 0 aromatic heterocycles. The summed E-state index contributed by atoms with van der Waals surface area (Å²) in [5.74, 6) is 0.207. The number of hydrogen-bond donors (Lipinski definition) is 1. The molecule has 0 saturated carbocycles. The van der Waals surface area contributed by atoms with E-state index in [-0.39, 0.29) is 18.0 Å². The molecule has 0 radical (unpaired) electrons. The highest BCUT2D eigenvalue weighted by Gasteiger charge is 2.27. The summed E-state index contributed by atoms with van der Waals surface area (Å²) in [6.07, 6.45) is 2.06. The molecule has 0 bridgehead atoms. The Labute approximate surface area is 103 Å². The van der Waals surface area contributed by atoms with E-state index in [1.165, 1.54) is 5.56 Å². The van der Waals surface area contributed by atoms with E-state index in [1.54, 1.807) is 0 Å². The number of hydrogen-bond acceptors (Lipinski definition) is 2. The maximum absolute atomic E-state index is 12.2. The lowest BCUT2D eigenvalue weighted by Crippen LogP contribution is -2.42. The zero-order valence-electron chi connectivity index (χ0n) is 10.5. The third-order valence-corrected chi connectivity index (χ3v) is 3.57. The predicted octanol–water partition coefficient (Wildman–Crippen LogP) is 1.96. The molecule has 17 heavy (non-hydrogen) atoms. The molecule has 1 saturated heterocycles. The zero-order valence-corrected chi connectivity index (χ0v) is 10.5. The van der Waals surface area contributed by atoms with Crippen LogP contribution in [0.3, 0.4) is 0 Å².